The average molecular weight is 482 g/mol. The number of unbranched alkanes of at least 4 members (excludes halogenated alkanes) is 1. The lowest BCUT2D eigenvalue weighted by atomic mass is 10.1. The maximum absolute atomic E-state index is 12.7. The Labute approximate surface area is 184 Å². The summed E-state index contributed by atoms with van der Waals surface area (Å²) in [5.41, 5.74) is 0.331. The second kappa shape index (κ2) is 11.2. The molecule has 0 saturated carbocycles. The smallest absolute Gasteiger partial charge is 0.338 e. The quantitative estimate of drug-likeness (QED) is 0.228. The largest absolute Gasteiger partial charge is 0.459 e. The van der Waals surface area contributed by atoms with Crippen LogP contribution in [0.3, 0.4) is 0 Å². The fourth-order valence-electron chi connectivity index (χ4n) is 2.40. The molecule has 1 atom stereocenters. The Bertz CT molecular complexity index is 934. The fraction of sp³-hybridized carbons (Fsp3) is 0.316. The number of carbonyl (C=O) groups excluding carboxylic acids is 1. The van der Waals surface area contributed by atoms with E-state index in [0.29, 0.717) is 18.4 Å². The van der Waals surface area contributed by atoms with Crippen molar-refractivity contribution in [3.05, 3.63) is 63.1 Å². The van der Waals surface area contributed by atoms with E-state index in [2.05, 4.69) is 0 Å². The molecule has 1 N–H and O–H groups in total. The van der Waals surface area contributed by atoms with Crippen molar-refractivity contribution in [2.24, 2.45) is 0 Å². The summed E-state index contributed by atoms with van der Waals surface area (Å²) in [5.74, 6) is -0.605. The Kier molecular flexibility index (Phi) is 9.20. The normalized spacial score (nSPS) is 12.6. The second-order valence-electron chi connectivity index (χ2n) is 6.05. The third kappa shape index (κ3) is 7.13. The fourth-order valence-corrected chi connectivity index (χ4v) is 4.46. The van der Waals surface area contributed by atoms with Crippen molar-refractivity contribution in [1.82, 2.24) is 0 Å². The standard InChI is InChI=1S/C19H19Cl3O6S/c20-15-10-17(22)18(11-16(15)21)29(25,26)28-14(8-4-5-9-23)12-27-19(24)13-6-2-1-3-7-13/h1-3,6-7,10-11,14,23H,4-5,8-9,12H2. The van der Waals surface area contributed by atoms with Crippen LogP contribution >= 0.6 is 34.8 Å². The molecule has 29 heavy (non-hydrogen) atoms. The van der Waals surface area contributed by atoms with Crippen molar-refractivity contribution in [3.8, 4) is 0 Å². The summed E-state index contributed by atoms with van der Waals surface area (Å²) in [6, 6.07) is 10.6. The molecule has 2 aromatic rings. The summed E-state index contributed by atoms with van der Waals surface area (Å²) in [6.07, 6.45) is 0.181. The molecule has 0 spiro atoms. The molecule has 0 aliphatic heterocycles. The topological polar surface area (TPSA) is 89.9 Å². The lowest BCUT2D eigenvalue weighted by Gasteiger charge is -2.18. The van der Waals surface area contributed by atoms with Gasteiger partial charge in [0.05, 0.1) is 20.6 Å². The Morgan fingerprint density at radius 3 is 2.31 bits per heavy atom. The Morgan fingerprint density at radius 2 is 1.66 bits per heavy atom. The number of aliphatic hydroxyl groups excluding tert-OH is 1. The molecule has 0 heterocycles. The molecule has 0 amide bonds. The molecule has 0 fully saturated rings. The van der Waals surface area contributed by atoms with Crippen LogP contribution in [0.1, 0.15) is 29.6 Å². The number of ether oxygens (including phenoxy) is 1. The molecule has 0 aliphatic carbocycles. The number of benzene rings is 2. The molecular formula is C19H19Cl3O6S. The summed E-state index contributed by atoms with van der Waals surface area (Å²) < 4.78 is 35.8. The van der Waals surface area contributed by atoms with Gasteiger partial charge in [-0.1, -0.05) is 53.0 Å². The monoisotopic (exact) mass is 480 g/mol. The number of hydrogen-bond donors (Lipinski definition) is 1. The maximum Gasteiger partial charge on any atom is 0.338 e. The van der Waals surface area contributed by atoms with Crippen LogP contribution < -0.4 is 0 Å². The molecular weight excluding hydrogens is 463 g/mol. The van der Waals surface area contributed by atoms with Crippen molar-refractivity contribution < 1.29 is 27.2 Å². The van der Waals surface area contributed by atoms with Gasteiger partial charge in [0.15, 0.2) is 0 Å². The Morgan fingerprint density at radius 1 is 1.00 bits per heavy atom. The van der Waals surface area contributed by atoms with Crippen molar-refractivity contribution in [1.29, 1.82) is 0 Å². The summed E-state index contributed by atoms with van der Waals surface area (Å²) in [4.78, 5) is 11.8. The molecule has 0 radical (unpaired) electrons. The number of hydrogen-bond acceptors (Lipinski definition) is 6. The number of rotatable bonds is 10. The van der Waals surface area contributed by atoms with Crippen molar-refractivity contribution in [2.45, 2.75) is 30.3 Å². The van der Waals surface area contributed by atoms with Crippen LogP contribution in [0.25, 0.3) is 0 Å². The number of carbonyl (C=O) groups is 1. The molecule has 10 heteroatoms. The zero-order valence-corrected chi connectivity index (χ0v) is 18.3. The molecule has 158 valence electrons. The Balaban J connectivity index is 2.14. The van der Waals surface area contributed by atoms with E-state index < -0.39 is 22.2 Å². The molecule has 0 aliphatic rings. The number of esters is 1. The van der Waals surface area contributed by atoms with Gasteiger partial charge in [0.2, 0.25) is 0 Å². The van der Waals surface area contributed by atoms with Crippen LogP contribution in [-0.4, -0.2) is 38.8 Å². The third-order valence-corrected chi connectivity index (χ3v) is 6.40. The van der Waals surface area contributed by atoms with Gasteiger partial charge in [-0.05, 0) is 43.5 Å². The van der Waals surface area contributed by atoms with Crippen molar-refractivity contribution in [2.75, 3.05) is 13.2 Å². The zero-order chi connectivity index (χ0) is 21.4. The first kappa shape index (κ1) is 23.9. The highest BCUT2D eigenvalue weighted by molar-refractivity contribution is 7.87. The highest BCUT2D eigenvalue weighted by Crippen LogP contribution is 2.33. The molecule has 2 rings (SSSR count). The zero-order valence-electron chi connectivity index (χ0n) is 15.2. The predicted molar refractivity (Wildman–Crippen MR) is 111 cm³/mol. The third-order valence-electron chi connectivity index (χ3n) is 3.85. The van der Waals surface area contributed by atoms with E-state index in [0.717, 1.165) is 6.07 Å². The minimum atomic E-state index is -4.31. The van der Waals surface area contributed by atoms with Gasteiger partial charge in [-0.15, -0.1) is 0 Å². The maximum atomic E-state index is 12.7. The molecule has 6 nitrogen and oxygen atoms in total. The average Bonchev–Trinajstić information content (AvgIpc) is 2.69. The Hall–Kier alpha value is -1.35. The number of halogens is 3. The van der Waals surface area contributed by atoms with E-state index >= 15 is 0 Å². The highest BCUT2D eigenvalue weighted by Gasteiger charge is 2.26. The van der Waals surface area contributed by atoms with E-state index in [-0.39, 0.29) is 39.6 Å². The molecule has 0 aromatic heterocycles. The lowest BCUT2D eigenvalue weighted by molar-refractivity contribution is 0.0301. The van der Waals surface area contributed by atoms with Crippen molar-refractivity contribution >= 4 is 50.9 Å². The molecule has 1 unspecified atom stereocenters. The molecule has 0 bridgehead atoms. The first-order chi connectivity index (χ1) is 13.7. The second-order valence-corrected chi connectivity index (χ2v) is 8.82. The van der Waals surface area contributed by atoms with Gasteiger partial charge >= 0.3 is 5.97 Å². The van der Waals surface area contributed by atoms with Gasteiger partial charge < -0.3 is 9.84 Å². The lowest BCUT2D eigenvalue weighted by Crippen LogP contribution is -2.26. The van der Waals surface area contributed by atoms with Gasteiger partial charge in [0, 0.05) is 6.61 Å². The minimum Gasteiger partial charge on any atom is -0.459 e. The van der Waals surface area contributed by atoms with E-state index in [9.17, 15) is 13.2 Å². The van der Waals surface area contributed by atoms with Crippen molar-refractivity contribution in [3.63, 3.8) is 0 Å². The highest BCUT2D eigenvalue weighted by atomic mass is 35.5. The minimum absolute atomic E-state index is 0.00516. The van der Waals surface area contributed by atoms with Crippen LogP contribution in [0.15, 0.2) is 47.4 Å². The van der Waals surface area contributed by atoms with E-state index in [1.165, 1.54) is 6.07 Å². The van der Waals surface area contributed by atoms with Gasteiger partial charge in [-0.25, -0.2) is 4.79 Å². The summed E-state index contributed by atoms with van der Waals surface area (Å²) >= 11 is 17.7. The molecule has 2 aromatic carbocycles. The summed E-state index contributed by atoms with van der Waals surface area (Å²) in [5, 5.41) is 8.93. The van der Waals surface area contributed by atoms with E-state index in [4.69, 9.17) is 48.8 Å². The van der Waals surface area contributed by atoms with Gasteiger partial charge in [0.25, 0.3) is 10.1 Å². The summed E-state index contributed by atoms with van der Waals surface area (Å²) in [6.45, 7) is -0.348. The summed E-state index contributed by atoms with van der Waals surface area (Å²) in [7, 11) is -4.31. The van der Waals surface area contributed by atoms with E-state index in [1.807, 2.05) is 0 Å². The van der Waals surface area contributed by atoms with Gasteiger partial charge in [0.1, 0.15) is 17.6 Å². The SMILES string of the molecule is O=C(OCC(CCCCO)OS(=O)(=O)c1cc(Cl)c(Cl)cc1Cl)c1ccccc1. The van der Waals surface area contributed by atoms with Crippen LogP contribution in [0.4, 0.5) is 0 Å². The van der Waals surface area contributed by atoms with Crippen LogP contribution in [0, 0.1) is 0 Å². The predicted octanol–water partition coefficient (Wildman–Crippen LogP) is 4.74. The number of aliphatic hydroxyl groups is 1. The van der Waals surface area contributed by atoms with E-state index in [1.54, 1.807) is 30.3 Å². The first-order valence-corrected chi connectivity index (χ1v) is 11.2. The van der Waals surface area contributed by atoms with Gasteiger partial charge in [-0.3, -0.25) is 4.18 Å². The molecule has 0 saturated heterocycles. The van der Waals surface area contributed by atoms with Crippen LogP contribution in [-0.2, 0) is 19.0 Å². The van der Waals surface area contributed by atoms with Crippen LogP contribution in [0.2, 0.25) is 15.1 Å². The van der Waals surface area contributed by atoms with Gasteiger partial charge in [-0.2, -0.15) is 8.42 Å². The first-order valence-electron chi connectivity index (χ1n) is 8.65. The van der Waals surface area contributed by atoms with Crippen LogP contribution in [0.5, 0.6) is 0 Å².